The van der Waals surface area contributed by atoms with Crippen LogP contribution < -0.4 is 5.32 Å². The number of rotatable bonds is 3. The van der Waals surface area contributed by atoms with Gasteiger partial charge >= 0.3 is 0 Å². The molecule has 1 aromatic rings. The number of benzene rings is 1. The third-order valence-corrected chi connectivity index (χ3v) is 2.97. The number of hydrogen-bond acceptors (Lipinski definition) is 1. The number of carbonyl (C=O) groups excluding carboxylic acids is 1. The number of carbonyl (C=O) groups is 1. The molecular weight excluding hydrogens is 274 g/mol. The monoisotopic (exact) mass is 283 g/mol. The van der Waals surface area contributed by atoms with E-state index >= 15 is 0 Å². The summed E-state index contributed by atoms with van der Waals surface area (Å²) in [5.41, 5.74) is -2.29. The Morgan fingerprint density at radius 2 is 1.67 bits per heavy atom. The fourth-order valence-corrected chi connectivity index (χ4v) is 1.15. The highest BCUT2D eigenvalue weighted by molar-refractivity contribution is 6.20. The summed E-state index contributed by atoms with van der Waals surface area (Å²) in [5, 5.41) is 1.80. The molecule has 0 aromatic heterocycles. The Labute approximate surface area is 106 Å². The third-order valence-electron chi connectivity index (χ3n) is 2.30. The van der Waals surface area contributed by atoms with Crippen LogP contribution in [0.2, 0.25) is 0 Å². The van der Waals surface area contributed by atoms with E-state index < -0.39 is 40.3 Å². The smallest absolute Gasteiger partial charge is 0.231 e. The van der Waals surface area contributed by atoms with Gasteiger partial charge < -0.3 is 5.32 Å². The van der Waals surface area contributed by atoms with Gasteiger partial charge in [-0.3, -0.25) is 4.79 Å². The van der Waals surface area contributed by atoms with E-state index in [0.717, 1.165) is 0 Å². The topological polar surface area (TPSA) is 29.1 Å². The van der Waals surface area contributed by atoms with Gasteiger partial charge in [0.05, 0.1) is 5.41 Å². The summed E-state index contributed by atoms with van der Waals surface area (Å²) in [5.74, 6) is -7.47. The van der Waals surface area contributed by atoms with Crippen molar-refractivity contribution in [2.75, 3.05) is 11.2 Å². The SMILES string of the molecule is CC(C)(CCl)C(=O)Nc1c(F)c(F)cc(F)c1F. The van der Waals surface area contributed by atoms with Crippen LogP contribution in [0.25, 0.3) is 0 Å². The second-order valence-electron chi connectivity index (χ2n) is 4.31. The molecule has 0 fully saturated rings. The van der Waals surface area contributed by atoms with Gasteiger partial charge in [0.15, 0.2) is 23.3 Å². The summed E-state index contributed by atoms with van der Waals surface area (Å²) in [6.07, 6.45) is 0. The molecule has 0 unspecified atom stereocenters. The number of alkyl halides is 1. The summed E-state index contributed by atoms with van der Waals surface area (Å²) in [6, 6.07) is 0.0625. The molecule has 0 aliphatic carbocycles. The Balaban J connectivity index is 3.16. The molecule has 1 aromatic carbocycles. The molecule has 1 amide bonds. The van der Waals surface area contributed by atoms with Crippen LogP contribution in [0.1, 0.15) is 13.8 Å². The highest BCUT2D eigenvalue weighted by Crippen LogP contribution is 2.27. The summed E-state index contributed by atoms with van der Waals surface area (Å²) < 4.78 is 52.3. The predicted molar refractivity (Wildman–Crippen MR) is 59.4 cm³/mol. The van der Waals surface area contributed by atoms with Crippen molar-refractivity contribution in [2.24, 2.45) is 5.41 Å². The molecule has 1 N–H and O–H groups in total. The van der Waals surface area contributed by atoms with E-state index in [4.69, 9.17) is 11.6 Å². The van der Waals surface area contributed by atoms with Gasteiger partial charge in [-0.15, -0.1) is 11.6 Å². The number of anilines is 1. The molecule has 0 saturated carbocycles. The molecule has 0 saturated heterocycles. The molecule has 0 spiro atoms. The molecule has 0 heterocycles. The summed E-state index contributed by atoms with van der Waals surface area (Å²) >= 11 is 5.50. The lowest BCUT2D eigenvalue weighted by Gasteiger charge is -2.20. The first kappa shape index (κ1) is 14.8. The van der Waals surface area contributed by atoms with Crippen LogP contribution in [0.4, 0.5) is 23.2 Å². The summed E-state index contributed by atoms with van der Waals surface area (Å²) in [4.78, 5) is 11.6. The van der Waals surface area contributed by atoms with E-state index in [0.29, 0.717) is 0 Å². The third kappa shape index (κ3) is 2.75. The summed E-state index contributed by atoms with van der Waals surface area (Å²) in [6.45, 7) is 2.83. The normalized spacial score (nSPS) is 11.5. The van der Waals surface area contributed by atoms with Crippen LogP contribution in [0.5, 0.6) is 0 Å². The van der Waals surface area contributed by atoms with E-state index in [1.165, 1.54) is 13.8 Å². The minimum absolute atomic E-state index is 0.0625. The lowest BCUT2D eigenvalue weighted by molar-refractivity contribution is -0.123. The summed E-state index contributed by atoms with van der Waals surface area (Å²) in [7, 11) is 0. The quantitative estimate of drug-likeness (QED) is 0.514. The van der Waals surface area contributed by atoms with E-state index in [2.05, 4.69) is 0 Å². The van der Waals surface area contributed by atoms with Gasteiger partial charge in [0.2, 0.25) is 5.91 Å². The predicted octanol–water partition coefficient (Wildman–Crippen LogP) is 3.45. The fraction of sp³-hybridized carbons (Fsp3) is 0.364. The van der Waals surface area contributed by atoms with Crippen LogP contribution in [-0.2, 0) is 4.79 Å². The largest absolute Gasteiger partial charge is 0.320 e. The van der Waals surface area contributed by atoms with Crippen molar-refractivity contribution in [3.8, 4) is 0 Å². The maximum absolute atomic E-state index is 13.3. The van der Waals surface area contributed by atoms with Gasteiger partial charge in [0.25, 0.3) is 0 Å². The molecule has 0 atom stereocenters. The van der Waals surface area contributed by atoms with Gasteiger partial charge in [0, 0.05) is 11.9 Å². The first-order chi connectivity index (χ1) is 8.20. The highest BCUT2D eigenvalue weighted by Gasteiger charge is 2.29. The maximum atomic E-state index is 13.3. The average Bonchev–Trinajstić information content (AvgIpc) is 2.31. The zero-order valence-electron chi connectivity index (χ0n) is 9.58. The molecule has 0 aliphatic heterocycles. The molecular formula is C11H10ClF4NO. The molecule has 2 nitrogen and oxygen atoms in total. The molecule has 0 bridgehead atoms. The Morgan fingerprint density at radius 3 is 2.06 bits per heavy atom. The lowest BCUT2D eigenvalue weighted by Crippen LogP contribution is -2.33. The number of amides is 1. The Kier molecular flexibility index (Phi) is 4.21. The first-order valence-electron chi connectivity index (χ1n) is 4.91. The maximum Gasteiger partial charge on any atom is 0.231 e. The van der Waals surface area contributed by atoms with Gasteiger partial charge in [0.1, 0.15) is 5.69 Å². The van der Waals surface area contributed by atoms with Crippen molar-refractivity contribution >= 4 is 23.2 Å². The van der Waals surface area contributed by atoms with Crippen molar-refractivity contribution in [1.82, 2.24) is 0 Å². The van der Waals surface area contributed by atoms with Crippen molar-refractivity contribution < 1.29 is 22.4 Å². The number of nitrogens with one attached hydrogen (secondary N) is 1. The highest BCUT2D eigenvalue weighted by atomic mass is 35.5. The van der Waals surface area contributed by atoms with Gasteiger partial charge in [-0.1, -0.05) is 0 Å². The van der Waals surface area contributed by atoms with Gasteiger partial charge in [-0.05, 0) is 13.8 Å². The standard InChI is InChI=1S/C11H10ClF4NO/c1-11(2,4-12)10(18)17-9-7(15)5(13)3-6(14)8(9)16/h3H,4H2,1-2H3,(H,17,18). The average molecular weight is 284 g/mol. The lowest BCUT2D eigenvalue weighted by atomic mass is 9.95. The van der Waals surface area contributed by atoms with Crippen molar-refractivity contribution in [3.05, 3.63) is 29.3 Å². The van der Waals surface area contributed by atoms with Crippen molar-refractivity contribution in [1.29, 1.82) is 0 Å². The first-order valence-corrected chi connectivity index (χ1v) is 5.44. The van der Waals surface area contributed by atoms with Crippen LogP contribution >= 0.6 is 11.6 Å². The number of hydrogen-bond donors (Lipinski definition) is 1. The molecule has 18 heavy (non-hydrogen) atoms. The second kappa shape index (κ2) is 5.14. The van der Waals surface area contributed by atoms with E-state index in [1.54, 1.807) is 5.32 Å². The van der Waals surface area contributed by atoms with Gasteiger partial charge in [-0.2, -0.15) is 0 Å². The minimum Gasteiger partial charge on any atom is -0.320 e. The molecule has 0 radical (unpaired) electrons. The Bertz CT molecular complexity index is 464. The van der Waals surface area contributed by atoms with E-state index in [1.807, 2.05) is 0 Å². The second-order valence-corrected chi connectivity index (χ2v) is 4.58. The zero-order valence-corrected chi connectivity index (χ0v) is 10.3. The number of halogens is 5. The minimum atomic E-state index is -1.66. The zero-order chi connectivity index (χ0) is 14.1. The molecule has 100 valence electrons. The van der Waals surface area contributed by atoms with Crippen LogP contribution in [0, 0.1) is 28.7 Å². The van der Waals surface area contributed by atoms with E-state index in [9.17, 15) is 22.4 Å². The van der Waals surface area contributed by atoms with Crippen LogP contribution in [-0.4, -0.2) is 11.8 Å². The molecule has 1 rings (SSSR count). The molecule has 0 aliphatic rings. The van der Waals surface area contributed by atoms with E-state index in [-0.39, 0.29) is 11.9 Å². The van der Waals surface area contributed by atoms with Gasteiger partial charge in [-0.25, -0.2) is 17.6 Å². The van der Waals surface area contributed by atoms with Crippen LogP contribution in [0.3, 0.4) is 0 Å². The molecule has 7 heteroatoms. The Morgan fingerprint density at radius 1 is 1.22 bits per heavy atom. The Hall–Kier alpha value is -1.30. The van der Waals surface area contributed by atoms with Crippen molar-refractivity contribution in [3.63, 3.8) is 0 Å². The fourth-order valence-electron chi connectivity index (χ4n) is 1.03. The van der Waals surface area contributed by atoms with Crippen molar-refractivity contribution in [2.45, 2.75) is 13.8 Å². The van der Waals surface area contributed by atoms with Crippen LogP contribution in [0.15, 0.2) is 6.07 Å².